The van der Waals surface area contributed by atoms with E-state index < -0.39 is 0 Å². The van der Waals surface area contributed by atoms with Crippen LogP contribution in [0.1, 0.15) is 22.4 Å². The van der Waals surface area contributed by atoms with E-state index in [0.717, 1.165) is 41.6 Å². The maximum Gasteiger partial charge on any atom is 0.262 e. The van der Waals surface area contributed by atoms with Crippen LogP contribution in [0, 0.1) is 0 Å². The Kier molecular flexibility index (Phi) is 6.33. The van der Waals surface area contributed by atoms with E-state index in [1.54, 1.807) is 28.3 Å². The molecule has 1 aliphatic carbocycles. The van der Waals surface area contributed by atoms with Crippen LogP contribution in [-0.4, -0.2) is 22.1 Å². The van der Waals surface area contributed by atoms with Gasteiger partial charge in [-0.2, -0.15) is 0 Å². The molecule has 1 unspecified atom stereocenters. The summed E-state index contributed by atoms with van der Waals surface area (Å²) in [6, 6.07) is 15.1. The number of aryl methyl sites for hydroxylation is 1. The summed E-state index contributed by atoms with van der Waals surface area (Å²) >= 11 is 1.68. The second-order valence-electron chi connectivity index (χ2n) is 8.44. The summed E-state index contributed by atoms with van der Waals surface area (Å²) in [7, 11) is 0. The lowest BCUT2D eigenvalue weighted by Gasteiger charge is -2.22. The van der Waals surface area contributed by atoms with Crippen LogP contribution in [0.3, 0.4) is 0 Å². The number of benzene rings is 2. The van der Waals surface area contributed by atoms with Crippen molar-refractivity contribution in [2.45, 2.75) is 31.8 Å². The van der Waals surface area contributed by atoms with Crippen LogP contribution < -0.4 is 10.9 Å². The summed E-state index contributed by atoms with van der Waals surface area (Å²) in [5, 5.41) is 6.84. The zero-order chi connectivity index (χ0) is 22.6. The number of hydrogen-bond donors (Lipinski definition) is 1. The van der Waals surface area contributed by atoms with Crippen molar-refractivity contribution in [1.82, 2.24) is 14.9 Å². The number of allylic oxidation sites excluding steroid dienone is 4. The van der Waals surface area contributed by atoms with Gasteiger partial charge in [0.15, 0.2) is 0 Å². The minimum Gasteiger partial charge on any atom is -0.310 e. The number of thiophene rings is 1. The molecule has 0 bridgehead atoms. The molecule has 4 nitrogen and oxygen atoms in total. The van der Waals surface area contributed by atoms with Crippen molar-refractivity contribution >= 4 is 32.3 Å². The van der Waals surface area contributed by atoms with Crippen LogP contribution in [0.5, 0.6) is 0 Å². The molecule has 5 heteroatoms. The molecule has 0 fully saturated rings. The van der Waals surface area contributed by atoms with Gasteiger partial charge in [0, 0.05) is 17.5 Å². The Labute approximate surface area is 197 Å². The summed E-state index contributed by atoms with van der Waals surface area (Å²) in [4.78, 5) is 20.2. The molecule has 5 rings (SSSR count). The first-order chi connectivity index (χ1) is 16.2. The number of fused-ring (bicyclic) bond motifs is 4. The van der Waals surface area contributed by atoms with E-state index in [1.165, 1.54) is 21.2 Å². The monoisotopic (exact) mass is 453 g/mol. The zero-order valence-corrected chi connectivity index (χ0v) is 19.4. The first-order valence-corrected chi connectivity index (χ1v) is 12.2. The van der Waals surface area contributed by atoms with Crippen molar-refractivity contribution < 1.29 is 0 Å². The number of hydrogen-bond acceptors (Lipinski definition) is 4. The van der Waals surface area contributed by atoms with E-state index in [4.69, 9.17) is 0 Å². The Bertz CT molecular complexity index is 1430. The van der Waals surface area contributed by atoms with Crippen LogP contribution in [-0.2, 0) is 19.4 Å². The molecule has 2 aromatic heterocycles. The lowest BCUT2D eigenvalue weighted by molar-refractivity contribution is 0.485. The van der Waals surface area contributed by atoms with Crippen molar-refractivity contribution in [1.29, 1.82) is 0 Å². The van der Waals surface area contributed by atoms with Gasteiger partial charge < -0.3 is 5.32 Å². The Morgan fingerprint density at radius 3 is 2.91 bits per heavy atom. The lowest BCUT2D eigenvalue weighted by atomic mass is 9.93. The normalized spacial score (nSPS) is 16.2. The average Bonchev–Trinajstić information content (AvgIpc) is 3.21. The van der Waals surface area contributed by atoms with Crippen LogP contribution >= 0.6 is 11.3 Å². The molecule has 1 aliphatic rings. The highest BCUT2D eigenvalue weighted by molar-refractivity contribution is 7.18. The Balaban J connectivity index is 1.35. The summed E-state index contributed by atoms with van der Waals surface area (Å²) < 4.78 is 1.76. The number of nitrogens with zero attached hydrogens (tertiary/aromatic N) is 2. The van der Waals surface area contributed by atoms with E-state index in [9.17, 15) is 4.79 Å². The SMILES string of the molecule is C=C/C=C\C=C\CNC1CCc2c(sc3ncn(Cc4ccc5ccccc5c4)c(=O)c23)C1. The highest BCUT2D eigenvalue weighted by Crippen LogP contribution is 2.33. The Hall–Kier alpha value is -3.28. The van der Waals surface area contributed by atoms with Gasteiger partial charge in [-0.25, -0.2) is 4.98 Å². The quantitative estimate of drug-likeness (QED) is 0.381. The standard InChI is InChI=1S/C28H27N3OS/c1-2-3-4-5-8-15-29-23-13-14-24-25(17-23)33-27-26(24)28(32)31(19-30-27)18-20-11-12-21-9-6-7-10-22(21)16-20/h2-12,16,19,23,29H,1,13-15,17-18H2/b4-3-,8-5+. The van der Waals surface area contributed by atoms with E-state index in [0.29, 0.717) is 12.6 Å². The van der Waals surface area contributed by atoms with Gasteiger partial charge in [-0.05, 0) is 47.2 Å². The zero-order valence-electron chi connectivity index (χ0n) is 18.5. The molecule has 0 radical (unpaired) electrons. The van der Waals surface area contributed by atoms with E-state index in [2.05, 4.69) is 53.3 Å². The molecule has 2 heterocycles. The van der Waals surface area contributed by atoms with Crippen molar-refractivity contribution in [3.8, 4) is 0 Å². The molecule has 2 aromatic carbocycles. The summed E-state index contributed by atoms with van der Waals surface area (Å²) in [5.41, 5.74) is 2.40. The van der Waals surface area contributed by atoms with Gasteiger partial charge in [0.2, 0.25) is 0 Å². The number of aromatic nitrogens is 2. The van der Waals surface area contributed by atoms with Gasteiger partial charge >= 0.3 is 0 Å². The minimum atomic E-state index is 0.0778. The van der Waals surface area contributed by atoms with Gasteiger partial charge in [0.1, 0.15) is 4.83 Å². The predicted molar refractivity (Wildman–Crippen MR) is 139 cm³/mol. The lowest BCUT2D eigenvalue weighted by Crippen LogP contribution is -2.34. The van der Waals surface area contributed by atoms with Crippen molar-refractivity contribution in [2.24, 2.45) is 0 Å². The third kappa shape index (κ3) is 4.61. The Morgan fingerprint density at radius 2 is 2.03 bits per heavy atom. The maximum absolute atomic E-state index is 13.4. The summed E-state index contributed by atoms with van der Waals surface area (Å²) in [6.45, 7) is 5.04. The van der Waals surface area contributed by atoms with E-state index >= 15 is 0 Å². The second kappa shape index (κ2) is 9.69. The van der Waals surface area contributed by atoms with Crippen LogP contribution in [0.4, 0.5) is 0 Å². The van der Waals surface area contributed by atoms with Gasteiger partial charge in [0.25, 0.3) is 5.56 Å². The number of rotatable bonds is 7. The number of nitrogens with one attached hydrogen (secondary N) is 1. The second-order valence-corrected chi connectivity index (χ2v) is 9.52. The van der Waals surface area contributed by atoms with Crippen molar-refractivity contribution in [2.75, 3.05) is 6.54 Å². The molecule has 0 amide bonds. The molecular formula is C28H27N3OS. The van der Waals surface area contributed by atoms with Crippen LogP contribution in [0.15, 0.2) is 90.5 Å². The average molecular weight is 454 g/mol. The minimum absolute atomic E-state index is 0.0778. The fourth-order valence-corrected chi connectivity index (χ4v) is 5.80. The Morgan fingerprint density at radius 1 is 1.15 bits per heavy atom. The third-order valence-corrected chi connectivity index (χ3v) is 7.38. The topological polar surface area (TPSA) is 46.9 Å². The van der Waals surface area contributed by atoms with Gasteiger partial charge in [0.05, 0.1) is 18.3 Å². The summed E-state index contributed by atoms with van der Waals surface area (Å²) in [5.74, 6) is 0. The highest BCUT2D eigenvalue weighted by atomic mass is 32.1. The molecule has 1 N–H and O–H groups in total. The molecule has 0 spiro atoms. The van der Waals surface area contributed by atoms with Gasteiger partial charge in [-0.15, -0.1) is 11.3 Å². The molecule has 0 saturated heterocycles. The first-order valence-electron chi connectivity index (χ1n) is 11.4. The molecule has 4 aromatic rings. The van der Waals surface area contributed by atoms with Crippen molar-refractivity contribution in [3.63, 3.8) is 0 Å². The molecule has 0 saturated carbocycles. The van der Waals surface area contributed by atoms with Crippen LogP contribution in [0.2, 0.25) is 0 Å². The maximum atomic E-state index is 13.4. The fraction of sp³-hybridized carbons (Fsp3) is 0.214. The van der Waals surface area contributed by atoms with Gasteiger partial charge in [-0.1, -0.05) is 73.4 Å². The molecule has 1 atom stereocenters. The van der Waals surface area contributed by atoms with Crippen molar-refractivity contribution in [3.05, 3.63) is 112 Å². The molecule has 0 aliphatic heterocycles. The molecular weight excluding hydrogens is 426 g/mol. The largest absolute Gasteiger partial charge is 0.310 e. The highest BCUT2D eigenvalue weighted by Gasteiger charge is 2.24. The molecule has 166 valence electrons. The van der Waals surface area contributed by atoms with Crippen LogP contribution in [0.25, 0.3) is 21.0 Å². The third-order valence-electron chi connectivity index (χ3n) is 6.22. The molecule has 33 heavy (non-hydrogen) atoms. The fourth-order valence-electron chi connectivity index (χ4n) is 4.55. The first kappa shape index (κ1) is 21.6. The predicted octanol–water partition coefficient (Wildman–Crippen LogP) is 5.40. The van der Waals surface area contributed by atoms with Gasteiger partial charge in [-0.3, -0.25) is 9.36 Å². The van der Waals surface area contributed by atoms with E-state index in [1.807, 2.05) is 30.4 Å². The summed E-state index contributed by atoms with van der Waals surface area (Å²) in [6.07, 6.45) is 14.4. The van der Waals surface area contributed by atoms with E-state index in [-0.39, 0.29) is 5.56 Å². The smallest absolute Gasteiger partial charge is 0.262 e.